The molecule has 0 fully saturated rings. The Kier molecular flexibility index (Phi) is 2.66. The SMILES string of the molecule is COc1ccc(C)c2c1NC(=O)C(C)(C)S2(=O)=O. The van der Waals surface area contributed by atoms with Crippen LogP contribution < -0.4 is 10.1 Å². The molecule has 18 heavy (non-hydrogen) atoms. The molecule has 98 valence electrons. The van der Waals surface area contributed by atoms with E-state index in [0.29, 0.717) is 11.3 Å². The Labute approximate surface area is 106 Å². The van der Waals surface area contributed by atoms with Crippen molar-refractivity contribution < 1.29 is 17.9 Å². The summed E-state index contributed by atoms with van der Waals surface area (Å²) in [5.74, 6) is -0.193. The number of benzene rings is 1. The van der Waals surface area contributed by atoms with E-state index in [1.165, 1.54) is 21.0 Å². The molecule has 0 spiro atoms. The van der Waals surface area contributed by atoms with Gasteiger partial charge in [0.05, 0.1) is 12.0 Å². The summed E-state index contributed by atoms with van der Waals surface area (Å²) >= 11 is 0. The molecule has 1 aromatic carbocycles. The molecule has 0 saturated heterocycles. The predicted octanol–water partition coefficient (Wildman–Crippen LogP) is 1.51. The van der Waals surface area contributed by atoms with Crippen LogP contribution in [-0.4, -0.2) is 26.2 Å². The minimum Gasteiger partial charge on any atom is -0.495 e. The lowest BCUT2D eigenvalue weighted by atomic mass is 10.1. The number of carbonyl (C=O) groups is 1. The zero-order chi connectivity index (χ0) is 13.7. The van der Waals surface area contributed by atoms with E-state index in [1.54, 1.807) is 19.1 Å². The summed E-state index contributed by atoms with van der Waals surface area (Å²) in [6.07, 6.45) is 0. The molecule has 2 rings (SSSR count). The van der Waals surface area contributed by atoms with E-state index in [2.05, 4.69) is 5.32 Å². The van der Waals surface area contributed by atoms with Crippen LogP contribution in [0.3, 0.4) is 0 Å². The summed E-state index contributed by atoms with van der Waals surface area (Å²) in [5, 5.41) is 2.62. The number of carbonyl (C=O) groups excluding carboxylic acids is 1. The highest BCUT2D eigenvalue weighted by Gasteiger charge is 2.49. The van der Waals surface area contributed by atoms with Crippen LogP contribution in [0.15, 0.2) is 17.0 Å². The zero-order valence-corrected chi connectivity index (χ0v) is 11.5. The Bertz CT molecular complexity index is 632. The number of amides is 1. The average Bonchev–Trinajstić information content (AvgIpc) is 2.27. The van der Waals surface area contributed by atoms with Gasteiger partial charge in [-0.1, -0.05) is 6.07 Å². The molecule has 5 nitrogen and oxygen atoms in total. The second kappa shape index (κ2) is 3.71. The van der Waals surface area contributed by atoms with Crippen LogP contribution in [0.4, 0.5) is 5.69 Å². The van der Waals surface area contributed by atoms with Crippen molar-refractivity contribution in [2.24, 2.45) is 0 Å². The fraction of sp³-hybridized carbons (Fsp3) is 0.417. The number of nitrogens with one attached hydrogen (secondary N) is 1. The van der Waals surface area contributed by atoms with Gasteiger partial charge in [-0.25, -0.2) is 8.42 Å². The van der Waals surface area contributed by atoms with Crippen molar-refractivity contribution in [1.82, 2.24) is 0 Å². The first-order valence-corrected chi connectivity index (χ1v) is 6.95. The van der Waals surface area contributed by atoms with Crippen LogP contribution in [0.1, 0.15) is 19.4 Å². The van der Waals surface area contributed by atoms with Gasteiger partial charge in [0, 0.05) is 0 Å². The number of methoxy groups -OCH3 is 1. The standard InChI is InChI=1S/C12H15NO4S/c1-7-5-6-8(17-4)9-10(7)18(15,16)12(2,3)11(14)13-9/h5-6H,1-4H3,(H,13,14). The lowest BCUT2D eigenvalue weighted by Crippen LogP contribution is -2.48. The van der Waals surface area contributed by atoms with Gasteiger partial charge < -0.3 is 10.1 Å². The molecule has 1 heterocycles. The number of hydrogen-bond acceptors (Lipinski definition) is 4. The smallest absolute Gasteiger partial charge is 0.245 e. The number of fused-ring (bicyclic) bond motifs is 1. The van der Waals surface area contributed by atoms with Gasteiger partial charge in [0.2, 0.25) is 5.91 Å². The molecular weight excluding hydrogens is 254 g/mol. The number of sulfone groups is 1. The summed E-state index contributed by atoms with van der Waals surface area (Å²) in [7, 11) is -2.29. The van der Waals surface area contributed by atoms with E-state index < -0.39 is 20.5 Å². The average molecular weight is 269 g/mol. The molecule has 0 atom stereocenters. The van der Waals surface area contributed by atoms with Crippen LogP contribution in [0.5, 0.6) is 5.75 Å². The maximum absolute atomic E-state index is 12.5. The van der Waals surface area contributed by atoms with E-state index in [9.17, 15) is 13.2 Å². The Morgan fingerprint density at radius 2 is 1.89 bits per heavy atom. The molecule has 1 aliphatic rings. The first-order chi connectivity index (χ1) is 8.23. The van der Waals surface area contributed by atoms with Crippen molar-refractivity contribution >= 4 is 21.4 Å². The van der Waals surface area contributed by atoms with E-state index in [-0.39, 0.29) is 10.6 Å². The van der Waals surface area contributed by atoms with Crippen molar-refractivity contribution in [3.8, 4) is 5.75 Å². The Balaban J connectivity index is 2.88. The predicted molar refractivity (Wildman–Crippen MR) is 67.6 cm³/mol. The van der Waals surface area contributed by atoms with Gasteiger partial charge >= 0.3 is 0 Å². The van der Waals surface area contributed by atoms with E-state index in [4.69, 9.17) is 4.74 Å². The van der Waals surface area contributed by atoms with Crippen LogP contribution in [-0.2, 0) is 14.6 Å². The molecule has 0 bridgehead atoms. The van der Waals surface area contributed by atoms with Crippen molar-refractivity contribution in [2.45, 2.75) is 30.4 Å². The van der Waals surface area contributed by atoms with Gasteiger partial charge in [0.25, 0.3) is 0 Å². The lowest BCUT2D eigenvalue weighted by molar-refractivity contribution is -0.118. The fourth-order valence-corrected chi connectivity index (χ4v) is 3.66. The van der Waals surface area contributed by atoms with E-state index >= 15 is 0 Å². The number of aryl methyl sites for hydroxylation is 1. The molecule has 0 radical (unpaired) electrons. The third-order valence-corrected chi connectivity index (χ3v) is 5.85. The highest BCUT2D eigenvalue weighted by atomic mass is 32.2. The highest BCUT2D eigenvalue weighted by Crippen LogP contribution is 2.43. The van der Waals surface area contributed by atoms with Crippen molar-refractivity contribution in [3.05, 3.63) is 17.7 Å². The van der Waals surface area contributed by atoms with E-state index in [1.807, 2.05) is 0 Å². The maximum Gasteiger partial charge on any atom is 0.245 e. The fourth-order valence-electron chi connectivity index (χ4n) is 1.94. The quantitative estimate of drug-likeness (QED) is 0.838. The Hall–Kier alpha value is -1.56. The number of hydrogen-bond donors (Lipinski definition) is 1. The van der Waals surface area contributed by atoms with Crippen LogP contribution in [0, 0.1) is 6.92 Å². The zero-order valence-electron chi connectivity index (χ0n) is 10.7. The summed E-state index contributed by atoms with van der Waals surface area (Å²) in [5.41, 5.74) is 0.834. The second-order valence-corrected chi connectivity index (χ2v) is 7.19. The number of rotatable bonds is 1. The van der Waals surface area contributed by atoms with Gasteiger partial charge in [-0.3, -0.25) is 4.79 Å². The van der Waals surface area contributed by atoms with E-state index in [0.717, 1.165) is 0 Å². The summed E-state index contributed by atoms with van der Waals surface area (Å²) < 4.78 is 28.6. The molecule has 1 N–H and O–H groups in total. The molecule has 1 aliphatic heterocycles. The molecule has 0 aliphatic carbocycles. The molecule has 0 unspecified atom stereocenters. The summed E-state index contributed by atoms with van der Waals surface area (Å²) in [6, 6.07) is 3.31. The Morgan fingerprint density at radius 3 is 2.44 bits per heavy atom. The minimum absolute atomic E-state index is 0.145. The first kappa shape index (κ1) is 12.9. The number of anilines is 1. The van der Waals surface area contributed by atoms with Crippen molar-refractivity contribution in [3.63, 3.8) is 0 Å². The molecule has 0 aromatic heterocycles. The molecule has 6 heteroatoms. The summed E-state index contributed by atoms with van der Waals surface area (Å²) in [6.45, 7) is 4.50. The van der Waals surface area contributed by atoms with Gasteiger partial charge in [-0.15, -0.1) is 0 Å². The van der Waals surface area contributed by atoms with Crippen molar-refractivity contribution in [2.75, 3.05) is 12.4 Å². The van der Waals surface area contributed by atoms with Gasteiger partial charge in [0.15, 0.2) is 9.84 Å². The third-order valence-electron chi connectivity index (χ3n) is 3.26. The molecule has 1 aromatic rings. The van der Waals surface area contributed by atoms with Crippen LogP contribution in [0.2, 0.25) is 0 Å². The van der Waals surface area contributed by atoms with Crippen LogP contribution >= 0.6 is 0 Å². The van der Waals surface area contributed by atoms with Gasteiger partial charge in [-0.05, 0) is 32.4 Å². The Morgan fingerprint density at radius 1 is 1.28 bits per heavy atom. The third kappa shape index (κ3) is 1.45. The maximum atomic E-state index is 12.5. The number of ether oxygens (including phenoxy) is 1. The van der Waals surface area contributed by atoms with Crippen LogP contribution in [0.25, 0.3) is 0 Å². The largest absolute Gasteiger partial charge is 0.495 e. The monoisotopic (exact) mass is 269 g/mol. The minimum atomic E-state index is -3.72. The molecular formula is C12H15NO4S. The van der Waals surface area contributed by atoms with Gasteiger partial charge in [0.1, 0.15) is 16.2 Å². The molecule has 1 amide bonds. The summed E-state index contributed by atoms with van der Waals surface area (Å²) in [4.78, 5) is 12.1. The van der Waals surface area contributed by atoms with Gasteiger partial charge in [-0.2, -0.15) is 0 Å². The topological polar surface area (TPSA) is 72.5 Å². The van der Waals surface area contributed by atoms with Crippen molar-refractivity contribution in [1.29, 1.82) is 0 Å². The normalized spacial score (nSPS) is 19.9. The first-order valence-electron chi connectivity index (χ1n) is 5.47. The second-order valence-electron chi connectivity index (χ2n) is 4.76. The molecule has 0 saturated carbocycles. The lowest BCUT2D eigenvalue weighted by Gasteiger charge is -2.32. The highest BCUT2D eigenvalue weighted by molar-refractivity contribution is 7.94.